The van der Waals surface area contributed by atoms with Crippen molar-refractivity contribution in [3.63, 3.8) is 0 Å². The van der Waals surface area contributed by atoms with Crippen molar-refractivity contribution < 1.29 is 5.11 Å². The molecule has 0 amide bonds. The summed E-state index contributed by atoms with van der Waals surface area (Å²) in [6.07, 6.45) is 0. The maximum Gasteiger partial charge on any atom is 0.120 e. The van der Waals surface area contributed by atoms with Crippen LogP contribution >= 0.6 is 0 Å². The number of nitrogens with zero attached hydrogens (tertiary/aromatic N) is 1. The number of hydrogen-bond donors (Lipinski definition) is 2. The Morgan fingerprint density at radius 3 is 2.71 bits per heavy atom. The van der Waals surface area contributed by atoms with Crippen molar-refractivity contribution in [2.45, 2.75) is 26.8 Å². The molecule has 0 aliphatic heterocycles. The van der Waals surface area contributed by atoms with E-state index in [2.05, 4.69) is 31.1 Å². The Morgan fingerprint density at radius 1 is 1.41 bits per heavy atom. The Labute approximate surface area is 104 Å². The van der Waals surface area contributed by atoms with E-state index in [-0.39, 0.29) is 6.04 Å². The second kappa shape index (κ2) is 6.62. The van der Waals surface area contributed by atoms with E-state index in [9.17, 15) is 5.11 Å². The Kier molecular flexibility index (Phi) is 5.45. The molecule has 0 aliphatic carbocycles. The van der Waals surface area contributed by atoms with E-state index in [0.29, 0.717) is 5.75 Å². The van der Waals surface area contributed by atoms with Crippen LogP contribution in [0.2, 0.25) is 0 Å². The van der Waals surface area contributed by atoms with Crippen LogP contribution in [0.25, 0.3) is 0 Å². The first kappa shape index (κ1) is 14.0. The summed E-state index contributed by atoms with van der Waals surface area (Å²) in [5.41, 5.74) is 2.05. The predicted molar refractivity (Wildman–Crippen MR) is 72.4 cm³/mol. The third-order valence-electron chi connectivity index (χ3n) is 3.14. The quantitative estimate of drug-likeness (QED) is 0.795. The molecule has 0 heterocycles. The fourth-order valence-corrected chi connectivity index (χ4v) is 1.76. The van der Waals surface area contributed by atoms with Crippen LogP contribution in [0.4, 0.5) is 0 Å². The first-order valence-corrected chi connectivity index (χ1v) is 6.26. The van der Waals surface area contributed by atoms with Crippen LogP contribution in [0, 0.1) is 6.92 Å². The summed E-state index contributed by atoms with van der Waals surface area (Å²) < 4.78 is 0. The lowest BCUT2D eigenvalue weighted by molar-refractivity contribution is 0.341. The molecule has 1 aromatic carbocycles. The van der Waals surface area contributed by atoms with Gasteiger partial charge in [-0.1, -0.05) is 19.1 Å². The van der Waals surface area contributed by atoms with Crippen LogP contribution in [0.3, 0.4) is 0 Å². The molecule has 0 saturated heterocycles. The second-order valence-corrected chi connectivity index (χ2v) is 4.63. The largest absolute Gasteiger partial charge is 0.508 e. The first-order valence-electron chi connectivity index (χ1n) is 6.26. The summed E-state index contributed by atoms with van der Waals surface area (Å²) in [4.78, 5) is 2.26. The number of phenolic OH excluding ortho intramolecular Hbond substituents is 1. The van der Waals surface area contributed by atoms with Gasteiger partial charge in [0.15, 0.2) is 0 Å². The van der Waals surface area contributed by atoms with Crippen molar-refractivity contribution in [2.24, 2.45) is 0 Å². The molecule has 0 fully saturated rings. The van der Waals surface area contributed by atoms with Crippen LogP contribution < -0.4 is 5.32 Å². The van der Waals surface area contributed by atoms with Gasteiger partial charge in [0.2, 0.25) is 0 Å². The van der Waals surface area contributed by atoms with Gasteiger partial charge in [-0.05, 0) is 39.1 Å². The Balaban J connectivity index is 2.49. The molecule has 1 atom stereocenters. The van der Waals surface area contributed by atoms with Gasteiger partial charge in [0.05, 0.1) is 0 Å². The number of rotatable bonds is 6. The second-order valence-electron chi connectivity index (χ2n) is 4.63. The maximum absolute atomic E-state index is 9.87. The molecular weight excluding hydrogens is 212 g/mol. The van der Waals surface area contributed by atoms with E-state index in [1.165, 1.54) is 0 Å². The molecule has 0 bridgehead atoms. The monoisotopic (exact) mass is 236 g/mol. The van der Waals surface area contributed by atoms with E-state index in [1.807, 2.05) is 25.1 Å². The number of likely N-dealkylation sites (N-methyl/N-ethyl adjacent to an activating group) is 1. The van der Waals surface area contributed by atoms with E-state index >= 15 is 0 Å². The smallest absolute Gasteiger partial charge is 0.120 e. The van der Waals surface area contributed by atoms with Gasteiger partial charge < -0.3 is 15.3 Å². The van der Waals surface area contributed by atoms with Gasteiger partial charge in [-0.25, -0.2) is 0 Å². The normalized spacial score (nSPS) is 13.0. The zero-order valence-corrected chi connectivity index (χ0v) is 11.3. The van der Waals surface area contributed by atoms with Crippen molar-refractivity contribution in [1.82, 2.24) is 10.2 Å². The molecule has 0 aromatic heterocycles. The van der Waals surface area contributed by atoms with Crippen molar-refractivity contribution in [3.05, 3.63) is 29.3 Å². The number of phenols is 1. The van der Waals surface area contributed by atoms with Gasteiger partial charge in [-0.3, -0.25) is 0 Å². The Bertz CT molecular complexity index is 352. The molecule has 1 rings (SSSR count). The number of aromatic hydroxyl groups is 1. The lowest BCUT2D eigenvalue weighted by Gasteiger charge is -2.19. The van der Waals surface area contributed by atoms with Gasteiger partial charge in [-0.15, -0.1) is 0 Å². The summed E-state index contributed by atoms with van der Waals surface area (Å²) in [5, 5.41) is 13.3. The zero-order valence-electron chi connectivity index (χ0n) is 11.3. The summed E-state index contributed by atoms with van der Waals surface area (Å²) in [6.45, 7) is 9.22. The highest BCUT2D eigenvalue weighted by atomic mass is 16.3. The SMILES string of the molecule is CCN(C)CCNC(C)c1ccc(C)cc1O. The molecule has 0 spiro atoms. The predicted octanol–water partition coefficient (Wildman–Crippen LogP) is 2.30. The topological polar surface area (TPSA) is 35.5 Å². The average molecular weight is 236 g/mol. The van der Waals surface area contributed by atoms with Crippen LogP contribution in [0.5, 0.6) is 5.75 Å². The van der Waals surface area contributed by atoms with Gasteiger partial charge in [-0.2, -0.15) is 0 Å². The highest BCUT2D eigenvalue weighted by Crippen LogP contribution is 2.24. The average Bonchev–Trinajstić information content (AvgIpc) is 2.28. The Morgan fingerprint density at radius 2 is 2.12 bits per heavy atom. The summed E-state index contributed by atoms with van der Waals surface area (Å²) >= 11 is 0. The Hall–Kier alpha value is -1.06. The maximum atomic E-state index is 9.87. The fraction of sp³-hybridized carbons (Fsp3) is 0.571. The molecule has 2 N–H and O–H groups in total. The van der Waals surface area contributed by atoms with E-state index in [1.54, 1.807) is 0 Å². The fourth-order valence-electron chi connectivity index (χ4n) is 1.76. The van der Waals surface area contributed by atoms with Crippen LogP contribution in [0.15, 0.2) is 18.2 Å². The number of benzene rings is 1. The van der Waals surface area contributed by atoms with Gasteiger partial charge >= 0.3 is 0 Å². The van der Waals surface area contributed by atoms with Gasteiger partial charge in [0.25, 0.3) is 0 Å². The number of nitrogens with one attached hydrogen (secondary N) is 1. The minimum absolute atomic E-state index is 0.181. The molecular formula is C14H24N2O. The highest BCUT2D eigenvalue weighted by molar-refractivity contribution is 5.37. The van der Waals surface area contributed by atoms with Crippen molar-refractivity contribution in [2.75, 3.05) is 26.7 Å². The van der Waals surface area contributed by atoms with E-state index in [4.69, 9.17) is 0 Å². The minimum atomic E-state index is 0.181. The molecule has 1 aromatic rings. The van der Waals surface area contributed by atoms with Crippen LogP contribution in [0.1, 0.15) is 31.0 Å². The molecule has 3 nitrogen and oxygen atoms in total. The van der Waals surface area contributed by atoms with Crippen LogP contribution in [-0.4, -0.2) is 36.7 Å². The molecule has 17 heavy (non-hydrogen) atoms. The van der Waals surface area contributed by atoms with E-state index < -0.39 is 0 Å². The lowest BCUT2D eigenvalue weighted by Crippen LogP contribution is -2.30. The lowest BCUT2D eigenvalue weighted by atomic mass is 10.1. The van der Waals surface area contributed by atoms with Crippen molar-refractivity contribution in [3.8, 4) is 5.75 Å². The minimum Gasteiger partial charge on any atom is -0.508 e. The molecule has 3 heteroatoms. The molecule has 0 aliphatic rings. The number of hydrogen-bond acceptors (Lipinski definition) is 3. The number of aryl methyl sites for hydroxylation is 1. The van der Waals surface area contributed by atoms with Gasteiger partial charge in [0, 0.05) is 24.7 Å². The van der Waals surface area contributed by atoms with Crippen LogP contribution in [-0.2, 0) is 0 Å². The molecule has 0 saturated carbocycles. The summed E-state index contributed by atoms with van der Waals surface area (Å²) in [7, 11) is 2.11. The first-order chi connectivity index (χ1) is 8.04. The molecule has 1 unspecified atom stereocenters. The zero-order chi connectivity index (χ0) is 12.8. The van der Waals surface area contributed by atoms with Crippen molar-refractivity contribution in [1.29, 1.82) is 0 Å². The van der Waals surface area contributed by atoms with Crippen molar-refractivity contribution >= 4 is 0 Å². The standard InChI is InChI=1S/C14H24N2O/c1-5-16(4)9-8-15-12(3)13-7-6-11(2)10-14(13)17/h6-7,10,12,15,17H,5,8-9H2,1-4H3. The molecule has 0 radical (unpaired) electrons. The highest BCUT2D eigenvalue weighted by Gasteiger charge is 2.09. The summed E-state index contributed by atoms with van der Waals surface area (Å²) in [6, 6.07) is 6.02. The molecule has 96 valence electrons. The third-order valence-corrected chi connectivity index (χ3v) is 3.14. The van der Waals surface area contributed by atoms with E-state index in [0.717, 1.165) is 30.8 Å². The third kappa shape index (κ3) is 4.36. The van der Waals surface area contributed by atoms with Gasteiger partial charge in [0.1, 0.15) is 5.75 Å². The summed E-state index contributed by atoms with van der Waals surface area (Å²) in [5.74, 6) is 0.383.